The van der Waals surface area contributed by atoms with Crippen LogP contribution in [0.2, 0.25) is 0 Å². The van der Waals surface area contributed by atoms with Gasteiger partial charge in [-0.3, -0.25) is 11.3 Å². The van der Waals surface area contributed by atoms with Gasteiger partial charge in [0.05, 0.1) is 0 Å². The van der Waals surface area contributed by atoms with Crippen molar-refractivity contribution in [2.45, 2.75) is 52.0 Å². The lowest BCUT2D eigenvalue weighted by atomic mass is 9.70. The molecule has 1 aliphatic carbocycles. The average molecular weight is 282 g/mol. The lowest BCUT2D eigenvalue weighted by Gasteiger charge is -2.37. The molecule has 2 nitrogen and oxygen atoms in total. The number of hydrogen-bond donors (Lipinski definition) is 2. The lowest BCUT2D eigenvalue weighted by Crippen LogP contribution is -2.44. The Balaban J connectivity index is 2.04. The minimum atomic E-state index is -0.401. The summed E-state index contributed by atoms with van der Waals surface area (Å²) in [5, 5.41) is 0. The zero-order valence-corrected chi connectivity index (χ0v) is 12.3. The SMILES string of the molecule is CC1(C)CCC(C(Cc2cc(F)ccc2F)NN)CC1. The summed E-state index contributed by atoms with van der Waals surface area (Å²) in [5.74, 6) is 5.31. The highest BCUT2D eigenvalue weighted by Gasteiger charge is 2.31. The van der Waals surface area contributed by atoms with Crippen molar-refractivity contribution < 1.29 is 8.78 Å². The van der Waals surface area contributed by atoms with E-state index in [0.29, 0.717) is 23.3 Å². The summed E-state index contributed by atoms with van der Waals surface area (Å²) < 4.78 is 26.9. The van der Waals surface area contributed by atoms with Crippen molar-refractivity contribution in [3.63, 3.8) is 0 Å². The summed E-state index contributed by atoms with van der Waals surface area (Å²) in [6.45, 7) is 4.56. The van der Waals surface area contributed by atoms with E-state index in [0.717, 1.165) is 31.7 Å². The summed E-state index contributed by atoms with van der Waals surface area (Å²) in [5.41, 5.74) is 3.59. The number of rotatable bonds is 4. The number of hydrogen-bond acceptors (Lipinski definition) is 2. The average Bonchev–Trinajstić information content (AvgIpc) is 2.40. The molecule has 1 aliphatic rings. The molecule has 0 amide bonds. The molecule has 0 saturated heterocycles. The molecule has 1 aromatic rings. The van der Waals surface area contributed by atoms with Crippen molar-refractivity contribution in [2.24, 2.45) is 17.2 Å². The minimum Gasteiger partial charge on any atom is -0.271 e. The topological polar surface area (TPSA) is 38.0 Å². The highest BCUT2D eigenvalue weighted by atomic mass is 19.1. The van der Waals surface area contributed by atoms with E-state index in [-0.39, 0.29) is 11.9 Å². The Morgan fingerprint density at radius 2 is 1.95 bits per heavy atom. The predicted octanol–water partition coefficient (Wildman–Crippen LogP) is 3.56. The van der Waals surface area contributed by atoms with Crippen molar-refractivity contribution in [2.75, 3.05) is 0 Å². The molecule has 2 rings (SSSR count). The third kappa shape index (κ3) is 3.76. The van der Waals surface area contributed by atoms with Crippen LogP contribution in [0.5, 0.6) is 0 Å². The van der Waals surface area contributed by atoms with Gasteiger partial charge in [0.2, 0.25) is 0 Å². The zero-order chi connectivity index (χ0) is 14.8. The Labute approximate surface area is 119 Å². The lowest BCUT2D eigenvalue weighted by molar-refractivity contribution is 0.160. The molecule has 0 bridgehead atoms. The van der Waals surface area contributed by atoms with Crippen molar-refractivity contribution in [3.05, 3.63) is 35.4 Å². The fourth-order valence-electron chi connectivity index (χ4n) is 3.12. The van der Waals surface area contributed by atoms with E-state index in [1.165, 1.54) is 12.1 Å². The molecule has 1 fully saturated rings. The molecule has 112 valence electrons. The molecule has 0 heterocycles. The van der Waals surface area contributed by atoms with Gasteiger partial charge in [-0.25, -0.2) is 8.78 Å². The third-order valence-corrected chi connectivity index (χ3v) is 4.61. The first-order valence-corrected chi connectivity index (χ1v) is 7.31. The molecule has 1 saturated carbocycles. The van der Waals surface area contributed by atoms with Gasteiger partial charge in [0, 0.05) is 6.04 Å². The molecule has 0 radical (unpaired) electrons. The molecule has 1 aromatic carbocycles. The van der Waals surface area contributed by atoms with E-state index in [1.807, 2.05) is 0 Å². The molecular weight excluding hydrogens is 258 g/mol. The molecule has 20 heavy (non-hydrogen) atoms. The van der Waals surface area contributed by atoms with Gasteiger partial charge in [0.15, 0.2) is 0 Å². The van der Waals surface area contributed by atoms with Crippen molar-refractivity contribution >= 4 is 0 Å². The first kappa shape index (κ1) is 15.4. The second-order valence-electron chi connectivity index (χ2n) is 6.71. The molecule has 1 atom stereocenters. The second-order valence-corrected chi connectivity index (χ2v) is 6.71. The van der Waals surface area contributed by atoms with Crippen LogP contribution in [-0.2, 0) is 6.42 Å². The van der Waals surface area contributed by atoms with Crippen LogP contribution >= 0.6 is 0 Å². The van der Waals surface area contributed by atoms with Crippen LogP contribution in [0.1, 0.15) is 45.1 Å². The Kier molecular flexibility index (Phi) is 4.76. The van der Waals surface area contributed by atoms with Crippen LogP contribution in [0.15, 0.2) is 18.2 Å². The van der Waals surface area contributed by atoms with Crippen LogP contribution < -0.4 is 11.3 Å². The standard InChI is InChI=1S/C16H24F2N2/c1-16(2)7-5-11(6-8-16)15(20-19)10-12-9-13(17)3-4-14(12)18/h3-4,9,11,15,20H,5-8,10,19H2,1-2H3. The number of hydrazine groups is 1. The van der Waals surface area contributed by atoms with Gasteiger partial charge in [-0.1, -0.05) is 13.8 Å². The Bertz CT molecular complexity index is 450. The van der Waals surface area contributed by atoms with Crippen LogP contribution in [0, 0.1) is 23.0 Å². The molecule has 0 spiro atoms. The molecule has 3 N–H and O–H groups in total. The first-order valence-electron chi connectivity index (χ1n) is 7.31. The fourth-order valence-corrected chi connectivity index (χ4v) is 3.12. The summed E-state index contributed by atoms with van der Waals surface area (Å²) in [6.07, 6.45) is 4.91. The number of halogens is 2. The summed E-state index contributed by atoms with van der Waals surface area (Å²) in [4.78, 5) is 0. The maximum atomic E-state index is 13.7. The number of nitrogens with one attached hydrogen (secondary N) is 1. The Hall–Kier alpha value is -1.00. The Morgan fingerprint density at radius 1 is 1.30 bits per heavy atom. The normalized spacial score (nSPS) is 20.9. The van der Waals surface area contributed by atoms with Gasteiger partial charge in [-0.2, -0.15) is 0 Å². The van der Waals surface area contributed by atoms with Crippen LogP contribution in [0.3, 0.4) is 0 Å². The maximum absolute atomic E-state index is 13.7. The van der Waals surface area contributed by atoms with Crippen molar-refractivity contribution in [3.8, 4) is 0 Å². The van der Waals surface area contributed by atoms with Gasteiger partial charge in [0.1, 0.15) is 11.6 Å². The second kappa shape index (κ2) is 6.19. The first-order chi connectivity index (χ1) is 9.41. The van der Waals surface area contributed by atoms with E-state index in [1.54, 1.807) is 0 Å². The Morgan fingerprint density at radius 3 is 2.55 bits per heavy atom. The predicted molar refractivity (Wildman–Crippen MR) is 76.9 cm³/mol. The van der Waals surface area contributed by atoms with E-state index in [9.17, 15) is 8.78 Å². The zero-order valence-electron chi connectivity index (χ0n) is 12.3. The smallest absolute Gasteiger partial charge is 0.126 e. The van der Waals surface area contributed by atoms with E-state index < -0.39 is 5.82 Å². The summed E-state index contributed by atoms with van der Waals surface area (Å²) >= 11 is 0. The molecule has 4 heteroatoms. The van der Waals surface area contributed by atoms with Gasteiger partial charge in [-0.15, -0.1) is 0 Å². The third-order valence-electron chi connectivity index (χ3n) is 4.61. The minimum absolute atomic E-state index is 0.00222. The van der Waals surface area contributed by atoms with E-state index in [4.69, 9.17) is 5.84 Å². The molecular formula is C16H24F2N2. The molecule has 0 aliphatic heterocycles. The number of benzene rings is 1. The van der Waals surface area contributed by atoms with Gasteiger partial charge >= 0.3 is 0 Å². The number of nitrogens with two attached hydrogens (primary N) is 1. The van der Waals surface area contributed by atoms with E-state index in [2.05, 4.69) is 19.3 Å². The van der Waals surface area contributed by atoms with Gasteiger partial charge in [-0.05, 0) is 67.2 Å². The molecule has 1 unspecified atom stereocenters. The van der Waals surface area contributed by atoms with Crippen molar-refractivity contribution in [1.29, 1.82) is 0 Å². The van der Waals surface area contributed by atoms with Gasteiger partial charge in [0.25, 0.3) is 0 Å². The quantitative estimate of drug-likeness (QED) is 0.654. The highest BCUT2D eigenvalue weighted by molar-refractivity contribution is 5.20. The van der Waals surface area contributed by atoms with Crippen LogP contribution in [0.25, 0.3) is 0 Å². The fraction of sp³-hybridized carbons (Fsp3) is 0.625. The summed E-state index contributed by atoms with van der Waals surface area (Å²) in [7, 11) is 0. The van der Waals surface area contributed by atoms with Crippen LogP contribution in [0.4, 0.5) is 8.78 Å². The maximum Gasteiger partial charge on any atom is 0.126 e. The van der Waals surface area contributed by atoms with Crippen molar-refractivity contribution in [1.82, 2.24) is 5.43 Å². The summed E-state index contributed by atoms with van der Waals surface area (Å²) in [6, 6.07) is 3.60. The van der Waals surface area contributed by atoms with Gasteiger partial charge < -0.3 is 0 Å². The highest BCUT2D eigenvalue weighted by Crippen LogP contribution is 2.39. The van der Waals surface area contributed by atoms with Crippen LogP contribution in [-0.4, -0.2) is 6.04 Å². The van der Waals surface area contributed by atoms with E-state index >= 15 is 0 Å². The largest absolute Gasteiger partial charge is 0.271 e. The monoisotopic (exact) mass is 282 g/mol. The molecule has 0 aromatic heterocycles.